The van der Waals surface area contributed by atoms with Gasteiger partial charge >= 0.3 is 0 Å². The molecule has 0 radical (unpaired) electrons. The first-order valence-electron chi connectivity index (χ1n) is 6.71. The zero-order valence-electron chi connectivity index (χ0n) is 11.3. The van der Waals surface area contributed by atoms with Gasteiger partial charge in [0.05, 0.1) is 4.90 Å². The molecule has 108 valence electrons. The van der Waals surface area contributed by atoms with Gasteiger partial charge in [-0.15, -0.1) is 0 Å². The molecule has 1 heterocycles. The molecule has 1 aliphatic heterocycles. The standard InChI is InChI=1S/C15H14N2O3S/c18-11-16-15-9-4-10-17(15)21(19,20)14-8-3-6-12-5-1-2-7-13(12)14/h1-3,5-8,15H,4,9-10H2. The third kappa shape index (κ3) is 2.38. The number of rotatable bonds is 3. The largest absolute Gasteiger partial charge is 0.245 e. The molecule has 5 nitrogen and oxygen atoms in total. The van der Waals surface area contributed by atoms with E-state index in [1.54, 1.807) is 18.2 Å². The Bertz CT molecular complexity index is 820. The Hall–Kier alpha value is -2.01. The van der Waals surface area contributed by atoms with Gasteiger partial charge in [-0.05, 0) is 24.3 Å². The molecule has 0 saturated carbocycles. The van der Waals surface area contributed by atoms with Gasteiger partial charge in [0.2, 0.25) is 16.1 Å². The summed E-state index contributed by atoms with van der Waals surface area (Å²) in [5, 5.41) is 1.55. The van der Waals surface area contributed by atoms with E-state index in [0.29, 0.717) is 24.8 Å². The molecule has 1 atom stereocenters. The maximum atomic E-state index is 12.9. The minimum absolute atomic E-state index is 0.258. The minimum atomic E-state index is -3.68. The fourth-order valence-corrected chi connectivity index (χ4v) is 4.55. The molecule has 0 aliphatic carbocycles. The summed E-state index contributed by atoms with van der Waals surface area (Å²) >= 11 is 0. The second-order valence-electron chi connectivity index (χ2n) is 4.94. The second kappa shape index (κ2) is 5.41. The zero-order chi connectivity index (χ0) is 14.9. The molecule has 1 saturated heterocycles. The summed E-state index contributed by atoms with van der Waals surface area (Å²) in [7, 11) is -3.68. The average Bonchev–Trinajstić information content (AvgIpc) is 2.96. The van der Waals surface area contributed by atoms with Crippen LogP contribution in [-0.2, 0) is 14.8 Å². The van der Waals surface area contributed by atoms with Gasteiger partial charge in [0, 0.05) is 11.9 Å². The molecule has 0 spiro atoms. The SMILES string of the molecule is O=C=NC1CCCN1S(=O)(=O)c1cccc2ccccc12. The van der Waals surface area contributed by atoms with Crippen LogP contribution in [0.1, 0.15) is 12.8 Å². The number of hydrogen-bond donors (Lipinski definition) is 0. The van der Waals surface area contributed by atoms with Crippen molar-refractivity contribution in [3.63, 3.8) is 0 Å². The number of isocyanates is 1. The Labute approximate surface area is 123 Å². The Balaban J connectivity index is 2.15. The van der Waals surface area contributed by atoms with E-state index in [1.165, 1.54) is 10.4 Å². The van der Waals surface area contributed by atoms with Crippen LogP contribution in [0.15, 0.2) is 52.4 Å². The summed E-state index contributed by atoms with van der Waals surface area (Å²) in [5.41, 5.74) is 0. The molecule has 21 heavy (non-hydrogen) atoms. The molecule has 2 aromatic carbocycles. The molecular formula is C15H14N2O3S. The van der Waals surface area contributed by atoms with E-state index in [-0.39, 0.29) is 4.90 Å². The van der Waals surface area contributed by atoms with E-state index >= 15 is 0 Å². The summed E-state index contributed by atoms with van der Waals surface area (Å²) in [6.07, 6.45) is 2.09. The summed E-state index contributed by atoms with van der Waals surface area (Å²) in [4.78, 5) is 14.3. The highest BCUT2D eigenvalue weighted by atomic mass is 32.2. The first kappa shape index (κ1) is 13.9. The van der Waals surface area contributed by atoms with Crippen LogP contribution in [0.3, 0.4) is 0 Å². The van der Waals surface area contributed by atoms with Crippen LogP contribution >= 0.6 is 0 Å². The normalized spacial score (nSPS) is 19.5. The maximum Gasteiger partial charge on any atom is 0.245 e. The number of aliphatic imine (C=N–C) groups is 1. The number of nitrogens with zero attached hydrogens (tertiary/aromatic N) is 2. The van der Waals surface area contributed by atoms with Crippen molar-refractivity contribution in [2.45, 2.75) is 23.9 Å². The van der Waals surface area contributed by atoms with E-state index in [4.69, 9.17) is 0 Å². The average molecular weight is 302 g/mol. The summed E-state index contributed by atoms with van der Waals surface area (Å²) < 4.78 is 27.0. The van der Waals surface area contributed by atoms with E-state index < -0.39 is 16.2 Å². The van der Waals surface area contributed by atoms with Gasteiger partial charge < -0.3 is 0 Å². The number of carbonyl (C=O) groups excluding carboxylic acids is 1. The highest BCUT2D eigenvalue weighted by molar-refractivity contribution is 7.89. The zero-order valence-corrected chi connectivity index (χ0v) is 12.1. The Morgan fingerprint density at radius 1 is 1.14 bits per heavy atom. The van der Waals surface area contributed by atoms with E-state index in [0.717, 1.165) is 5.39 Å². The van der Waals surface area contributed by atoms with Crippen LogP contribution in [0.5, 0.6) is 0 Å². The molecule has 1 aliphatic rings. The first-order valence-corrected chi connectivity index (χ1v) is 8.15. The lowest BCUT2D eigenvalue weighted by atomic mass is 10.1. The predicted molar refractivity (Wildman–Crippen MR) is 79.0 cm³/mol. The number of sulfonamides is 1. The molecule has 2 aromatic rings. The van der Waals surface area contributed by atoms with Crippen LogP contribution < -0.4 is 0 Å². The fraction of sp³-hybridized carbons (Fsp3) is 0.267. The van der Waals surface area contributed by atoms with Gasteiger partial charge in [-0.3, -0.25) is 0 Å². The summed E-state index contributed by atoms with van der Waals surface area (Å²) in [6.45, 7) is 0.376. The van der Waals surface area contributed by atoms with Crippen LogP contribution in [-0.4, -0.2) is 31.5 Å². The first-order chi connectivity index (χ1) is 10.1. The second-order valence-corrected chi connectivity index (χ2v) is 6.80. The molecule has 0 aromatic heterocycles. The van der Waals surface area contributed by atoms with Crippen LogP contribution in [0.2, 0.25) is 0 Å². The van der Waals surface area contributed by atoms with Gasteiger partial charge in [0.15, 0.2) is 0 Å². The van der Waals surface area contributed by atoms with Gasteiger partial charge in [0.1, 0.15) is 6.17 Å². The third-order valence-electron chi connectivity index (χ3n) is 3.71. The molecule has 6 heteroatoms. The van der Waals surface area contributed by atoms with Crippen molar-refractivity contribution in [1.82, 2.24) is 4.31 Å². The predicted octanol–water partition coefficient (Wildman–Crippen LogP) is 2.29. The van der Waals surface area contributed by atoms with E-state index in [1.807, 2.05) is 24.3 Å². The van der Waals surface area contributed by atoms with Crippen molar-refractivity contribution in [2.75, 3.05) is 6.54 Å². The Morgan fingerprint density at radius 2 is 1.90 bits per heavy atom. The topological polar surface area (TPSA) is 66.8 Å². The Morgan fingerprint density at radius 3 is 2.71 bits per heavy atom. The molecule has 1 fully saturated rings. The lowest BCUT2D eigenvalue weighted by Crippen LogP contribution is -2.34. The highest BCUT2D eigenvalue weighted by Crippen LogP contribution is 2.30. The fourth-order valence-electron chi connectivity index (χ4n) is 2.74. The van der Waals surface area contributed by atoms with Gasteiger partial charge in [-0.2, -0.15) is 9.30 Å². The molecule has 0 amide bonds. The lowest BCUT2D eigenvalue weighted by Gasteiger charge is -2.20. The molecule has 1 unspecified atom stereocenters. The quantitative estimate of drug-likeness (QED) is 0.645. The summed E-state index contributed by atoms with van der Waals surface area (Å²) in [5.74, 6) is 0. The van der Waals surface area contributed by atoms with Crippen molar-refractivity contribution < 1.29 is 13.2 Å². The molecular weight excluding hydrogens is 288 g/mol. The van der Waals surface area contributed by atoms with Crippen molar-refractivity contribution in [2.24, 2.45) is 4.99 Å². The van der Waals surface area contributed by atoms with Crippen LogP contribution in [0.4, 0.5) is 0 Å². The number of hydrogen-bond acceptors (Lipinski definition) is 4. The smallest absolute Gasteiger partial charge is 0.211 e. The maximum absolute atomic E-state index is 12.9. The molecule has 3 rings (SSSR count). The molecule has 0 bridgehead atoms. The number of fused-ring (bicyclic) bond motifs is 1. The number of benzene rings is 2. The van der Waals surface area contributed by atoms with Crippen LogP contribution in [0, 0.1) is 0 Å². The van der Waals surface area contributed by atoms with Gasteiger partial charge in [-0.1, -0.05) is 36.4 Å². The third-order valence-corrected chi connectivity index (χ3v) is 5.67. The van der Waals surface area contributed by atoms with E-state index in [9.17, 15) is 13.2 Å². The summed E-state index contributed by atoms with van der Waals surface area (Å²) in [6, 6.07) is 12.5. The van der Waals surface area contributed by atoms with Crippen molar-refractivity contribution in [1.29, 1.82) is 0 Å². The monoisotopic (exact) mass is 302 g/mol. The minimum Gasteiger partial charge on any atom is -0.211 e. The van der Waals surface area contributed by atoms with Crippen molar-refractivity contribution >= 4 is 26.9 Å². The van der Waals surface area contributed by atoms with Crippen LogP contribution in [0.25, 0.3) is 10.8 Å². The highest BCUT2D eigenvalue weighted by Gasteiger charge is 2.36. The van der Waals surface area contributed by atoms with Crippen molar-refractivity contribution in [3.8, 4) is 0 Å². The lowest BCUT2D eigenvalue weighted by molar-refractivity contribution is 0.396. The van der Waals surface area contributed by atoms with Gasteiger partial charge in [-0.25, -0.2) is 13.2 Å². The van der Waals surface area contributed by atoms with Gasteiger partial charge in [0.25, 0.3) is 0 Å². The molecule has 0 N–H and O–H groups in total. The Kier molecular flexibility index (Phi) is 3.59. The van der Waals surface area contributed by atoms with E-state index in [2.05, 4.69) is 4.99 Å². The van der Waals surface area contributed by atoms with Crippen molar-refractivity contribution in [3.05, 3.63) is 42.5 Å².